The molecular formula is C14H19BrClN3O. The zero-order valence-corrected chi connectivity index (χ0v) is 13.6. The molecule has 2 amide bonds. The van der Waals surface area contributed by atoms with E-state index in [1.54, 1.807) is 12.1 Å². The maximum atomic E-state index is 11.8. The van der Waals surface area contributed by atoms with Crippen LogP contribution in [0.1, 0.15) is 19.3 Å². The molecule has 0 spiro atoms. The predicted molar refractivity (Wildman–Crippen MR) is 86.5 cm³/mol. The van der Waals surface area contributed by atoms with Crippen LogP contribution in [0.4, 0.5) is 10.5 Å². The Bertz CT molecular complexity index is 464. The molecule has 1 fully saturated rings. The molecule has 0 unspecified atom stereocenters. The summed E-state index contributed by atoms with van der Waals surface area (Å²) in [7, 11) is 0. The summed E-state index contributed by atoms with van der Waals surface area (Å²) in [4.78, 5) is 14.2. The quantitative estimate of drug-likeness (QED) is 0.859. The van der Waals surface area contributed by atoms with E-state index in [0.29, 0.717) is 17.3 Å². The number of hydrogen-bond donors (Lipinski definition) is 2. The second-order valence-electron chi connectivity index (χ2n) is 4.91. The number of nitrogens with zero attached hydrogens (tertiary/aromatic N) is 1. The molecule has 0 bridgehead atoms. The van der Waals surface area contributed by atoms with Crippen molar-refractivity contribution in [3.63, 3.8) is 0 Å². The van der Waals surface area contributed by atoms with Gasteiger partial charge in [0.15, 0.2) is 0 Å². The van der Waals surface area contributed by atoms with E-state index in [4.69, 9.17) is 11.6 Å². The summed E-state index contributed by atoms with van der Waals surface area (Å²) in [6.45, 7) is 3.84. The molecule has 0 aromatic heterocycles. The number of carbonyl (C=O) groups is 1. The standard InChI is InChI=1S/C14H19BrClN3O/c15-11-4-5-13(12(16)10-11)18-14(20)17-6-9-19-7-2-1-3-8-19/h4-5,10H,1-3,6-9H2,(H2,17,18,20). The van der Waals surface area contributed by atoms with Gasteiger partial charge in [-0.3, -0.25) is 0 Å². The molecule has 0 saturated carbocycles. The Kier molecular flexibility index (Phi) is 6.13. The van der Waals surface area contributed by atoms with Gasteiger partial charge in [-0.1, -0.05) is 34.0 Å². The Morgan fingerprint density at radius 3 is 2.75 bits per heavy atom. The van der Waals surface area contributed by atoms with Crippen LogP contribution in [-0.2, 0) is 0 Å². The largest absolute Gasteiger partial charge is 0.337 e. The number of urea groups is 1. The number of likely N-dealkylation sites (tertiary alicyclic amines) is 1. The lowest BCUT2D eigenvalue weighted by Crippen LogP contribution is -2.39. The first-order chi connectivity index (χ1) is 9.65. The van der Waals surface area contributed by atoms with E-state index in [9.17, 15) is 4.79 Å². The number of rotatable bonds is 4. The van der Waals surface area contributed by atoms with Crippen LogP contribution < -0.4 is 10.6 Å². The number of hydrogen-bond acceptors (Lipinski definition) is 2. The smallest absolute Gasteiger partial charge is 0.319 e. The molecule has 0 aliphatic carbocycles. The van der Waals surface area contributed by atoms with Crippen LogP contribution in [0.25, 0.3) is 0 Å². The number of anilines is 1. The number of carbonyl (C=O) groups excluding carboxylic acids is 1. The molecule has 20 heavy (non-hydrogen) atoms. The van der Waals surface area contributed by atoms with Crippen molar-refractivity contribution in [1.29, 1.82) is 0 Å². The third-order valence-electron chi connectivity index (χ3n) is 3.34. The Morgan fingerprint density at radius 2 is 2.05 bits per heavy atom. The fourth-order valence-electron chi connectivity index (χ4n) is 2.27. The number of piperidine rings is 1. The maximum absolute atomic E-state index is 11.8. The zero-order valence-electron chi connectivity index (χ0n) is 11.3. The van der Waals surface area contributed by atoms with Gasteiger partial charge in [0.05, 0.1) is 10.7 Å². The van der Waals surface area contributed by atoms with Crippen LogP contribution in [0.3, 0.4) is 0 Å². The van der Waals surface area contributed by atoms with Gasteiger partial charge < -0.3 is 15.5 Å². The van der Waals surface area contributed by atoms with E-state index in [2.05, 4.69) is 31.5 Å². The van der Waals surface area contributed by atoms with Gasteiger partial charge in [-0.25, -0.2) is 4.79 Å². The highest BCUT2D eigenvalue weighted by Gasteiger charge is 2.10. The summed E-state index contributed by atoms with van der Waals surface area (Å²) in [5, 5.41) is 6.13. The summed E-state index contributed by atoms with van der Waals surface area (Å²) in [6.07, 6.45) is 3.86. The van der Waals surface area contributed by atoms with E-state index in [0.717, 1.165) is 24.1 Å². The predicted octanol–water partition coefficient (Wildman–Crippen LogP) is 3.71. The first-order valence-corrected chi connectivity index (χ1v) is 8.04. The molecule has 2 rings (SSSR count). The van der Waals surface area contributed by atoms with E-state index < -0.39 is 0 Å². The van der Waals surface area contributed by atoms with Crippen LogP contribution in [0.5, 0.6) is 0 Å². The molecule has 1 aliphatic heterocycles. The average molecular weight is 361 g/mol. The van der Waals surface area contributed by atoms with Crippen molar-refractivity contribution < 1.29 is 4.79 Å². The van der Waals surface area contributed by atoms with Crippen LogP contribution in [0, 0.1) is 0 Å². The Hall–Kier alpha value is -0.780. The Labute approximate surface area is 133 Å². The molecule has 0 atom stereocenters. The van der Waals surface area contributed by atoms with Gasteiger partial charge in [0.2, 0.25) is 0 Å². The van der Waals surface area contributed by atoms with Crippen molar-refractivity contribution in [1.82, 2.24) is 10.2 Å². The second-order valence-corrected chi connectivity index (χ2v) is 6.23. The Balaban J connectivity index is 1.72. The monoisotopic (exact) mass is 359 g/mol. The van der Waals surface area contributed by atoms with Gasteiger partial charge >= 0.3 is 6.03 Å². The number of benzene rings is 1. The summed E-state index contributed by atoms with van der Waals surface area (Å²) < 4.78 is 0.888. The first kappa shape index (κ1) is 15.6. The molecule has 0 radical (unpaired) electrons. The van der Waals surface area contributed by atoms with Crippen LogP contribution in [0.15, 0.2) is 22.7 Å². The number of halogens is 2. The molecule has 1 aromatic carbocycles. The fraction of sp³-hybridized carbons (Fsp3) is 0.500. The minimum absolute atomic E-state index is 0.216. The van der Waals surface area contributed by atoms with Gasteiger partial charge in [0.1, 0.15) is 0 Å². The van der Waals surface area contributed by atoms with Crippen molar-refractivity contribution in [3.05, 3.63) is 27.7 Å². The summed E-state index contributed by atoms with van der Waals surface area (Å²) in [5.41, 5.74) is 0.616. The summed E-state index contributed by atoms with van der Waals surface area (Å²) in [6, 6.07) is 5.16. The average Bonchev–Trinajstić information content (AvgIpc) is 2.43. The normalized spacial score (nSPS) is 15.9. The van der Waals surface area contributed by atoms with Crippen LogP contribution in [-0.4, -0.2) is 37.1 Å². The maximum Gasteiger partial charge on any atom is 0.319 e. The lowest BCUT2D eigenvalue weighted by atomic mass is 10.1. The van der Waals surface area contributed by atoms with Gasteiger partial charge in [-0.15, -0.1) is 0 Å². The van der Waals surface area contributed by atoms with E-state index in [1.807, 2.05) is 6.07 Å². The highest BCUT2D eigenvalue weighted by atomic mass is 79.9. The third kappa shape index (κ3) is 4.96. The van der Waals surface area contributed by atoms with Gasteiger partial charge in [-0.05, 0) is 44.1 Å². The van der Waals surface area contributed by atoms with Gasteiger partial charge in [0.25, 0.3) is 0 Å². The minimum Gasteiger partial charge on any atom is -0.337 e. The Morgan fingerprint density at radius 1 is 1.30 bits per heavy atom. The van der Waals surface area contributed by atoms with Crippen molar-refractivity contribution >= 4 is 39.2 Å². The van der Waals surface area contributed by atoms with Crippen molar-refractivity contribution in [3.8, 4) is 0 Å². The fourth-order valence-corrected chi connectivity index (χ4v) is 2.99. The third-order valence-corrected chi connectivity index (χ3v) is 4.15. The highest BCUT2D eigenvalue weighted by molar-refractivity contribution is 9.10. The van der Waals surface area contributed by atoms with Crippen LogP contribution >= 0.6 is 27.5 Å². The highest BCUT2D eigenvalue weighted by Crippen LogP contribution is 2.25. The zero-order chi connectivity index (χ0) is 14.4. The summed E-state index contributed by atoms with van der Waals surface area (Å²) in [5.74, 6) is 0. The van der Waals surface area contributed by atoms with Crippen molar-refractivity contribution in [2.75, 3.05) is 31.5 Å². The second kappa shape index (κ2) is 7.86. The number of nitrogens with one attached hydrogen (secondary N) is 2. The molecule has 1 aromatic rings. The molecule has 1 aliphatic rings. The molecule has 1 heterocycles. The lowest BCUT2D eigenvalue weighted by Gasteiger charge is -2.26. The lowest BCUT2D eigenvalue weighted by molar-refractivity contribution is 0.224. The van der Waals surface area contributed by atoms with Gasteiger partial charge in [0, 0.05) is 17.6 Å². The molecule has 2 N–H and O–H groups in total. The SMILES string of the molecule is O=C(NCCN1CCCCC1)Nc1ccc(Br)cc1Cl. The van der Waals surface area contributed by atoms with Crippen LogP contribution in [0.2, 0.25) is 5.02 Å². The number of amides is 2. The molecule has 6 heteroatoms. The summed E-state index contributed by atoms with van der Waals surface area (Å²) >= 11 is 9.38. The molecular weight excluding hydrogens is 342 g/mol. The molecule has 4 nitrogen and oxygen atoms in total. The van der Waals surface area contributed by atoms with E-state index in [-0.39, 0.29) is 6.03 Å². The van der Waals surface area contributed by atoms with E-state index in [1.165, 1.54) is 19.3 Å². The van der Waals surface area contributed by atoms with Crippen molar-refractivity contribution in [2.24, 2.45) is 0 Å². The van der Waals surface area contributed by atoms with Gasteiger partial charge in [-0.2, -0.15) is 0 Å². The van der Waals surface area contributed by atoms with E-state index >= 15 is 0 Å². The molecule has 110 valence electrons. The first-order valence-electron chi connectivity index (χ1n) is 6.87. The topological polar surface area (TPSA) is 44.4 Å². The molecule has 1 saturated heterocycles. The minimum atomic E-state index is -0.216. The van der Waals surface area contributed by atoms with Crippen molar-refractivity contribution in [2.45, 2.75) is 19.3 Å².